The van der Waals surface area contributed by atoms with Crippen molar-refractivity contribution in [1.29, 1.82) is 0 Å². The SMILES string of the molecule is Nc1ccc(NC(CO)CCO)cc1. The van der Waals surface area contributed by atoms with E-state index in [0.29, 0.717) is 12.1 Å². The standard InChI is InChI=1S/C10H16N2O2/c11-8-1-3-9(4-2-8)12-10(7-14)5-6-13/h1-4,10,12-14H,5-7,11H2. The molecular weight excluding hydrogens is 180 g/mol. The minimum absolute atomic E-state index is 0.00490. The lowest BCUT2D eigenvalue weighted by molar-refractivity contribution is 0.229. The van der Waals surface area contributed by atoms with Crippen molar-refractivity contribution < 1.29 is 10.2 Å². The van der Waals surface area contributed by atoms with Crippen LogP contribution in [-0.4, -0.2) is 29.5 Å². The number of nitrogens with two attached hydrogens (primary N) is 1. The van der Waals surface area contributed by atoms with Crippen LogP contribution in [0.2, 0.25) is 0 Å². The highest BCUT2D eigenvalue weighted by Crippen LogP contribution is 2.12. The Hall–Kier alpha value is -1.26. The lowest BCUT2D eigenvalue weighted by Crippen LogP contribution is -2.24. The van der Waals surface area contributed by atoms with Gasteiger partial charge in [-0.1, -0.05) is 0 Å². The first kappa shape index (κ1) is 10.8. The van der Waals surface area contributed by atoms with Crippen molar-refractivity contribution in [2.24, 2.45) is 0 Å². The predicted molar refractivity (Wildman–Crippen MR) is 57.1 cm³/mol. The minimum Gasteiger partial charge on any atom is -0.399 e. The van der Waals surface area contributed by atoms with Gasteiger partial charge in [0, 0.05) is 18.0 Å². The van der Waals surface area contributed by atoms with Gasteiger partial charge in [0.25, 0.3) is 0 Å². The van der Waals surface area contributed by atoms with Crippen LogP contribution in [0.4, 0.5) is 11.4 Å². The van der Waals surface area contributed by atoms with E-state index < -0.39 is 0 Å². The van der Waals surface area contributed by atoms with Gasteiger partial charge in [-0.15, -0.1) is 0 Å². The summed E-state index contributed by atoms with van der Waals surface area (Å²) in [6.07, 6.45) is 0.529. The third-order valence-corrected chi connectivity index (χ3v) is 1.98. The van der Waals surface area contributed by atoms with Crippen molar-refractivity contribution in [3.8, 4) is 0 Å². The van der Waals surface area contributed by atoms with Crippen LogP contribution in [0.3, 0.4) is 0 Å². The molecule has 1 atom stereocenters. The van der Waals surface area contributed by atoms with Crippen LogP contribution < -0.4 is 11.1 Å². The summed E-state index contributed by atoms with van der Waals surface area (Å²) >= 11 is 0. The van der Waals surface area contributed by atoms with Crippen molar-refractivity contribution in [3.63, 3.8) is 0 Å². The molecule has 14 heavy (non-hydrogen) atoms. The Labute approximate surface area is 83.4 Å². The first-order valence-corrected chi connectivity index (χ1v) is 4.60. The monoisotopic (exact) mass is 196 g/mol. The van der Waals surface area contributed by atoms with E-state index in [1.807, 2.05) is 12.1 Å². The molecule has 0 aliphatic carbocycles. The molecule has 1 aromatic rings. The van der Waals surface area contributed by atoms with E-state index in [1.54, 1.807) is 12.1 Å². The molecule has 0 aliphatic rings. The lowest BCUT2D eigenvalue weighted by Gasteiger charge is -2.16. The summed E-state index contributed by atoms with van der Waals surface area (Å²) in [6.45, 7) is 0.0676. The second-order valence-corrected chi connectivity index (χ2v) is 3.16. The summed E-state index contributed by atoms with van der Waals surface area (Å²) in [4.78, 5) is 0. The van der Waals surface area contributed by atoms with E-state index in [2.05, 4.69) is 5.32 Å². The Kier molecular flexibility index (Phi) is 4.22. The largest absolute Gasteiger partial charge is 0.399 e. The molecule has 4 heteroatoms. The summed E-state index contributed by atoms with van der Waals surface area (Å²) in [6, 6.07) is 7.15. The van der Waals surface area contributed by atoms with E-state index in [1.165, 1.54) is 0 Å². The first-order chi connectivity index (χ1) is 6.76. The average Bonchev–Trinajstić information content (AvgIpc) is 2.20. The lowest BCUT2D eigenvalue weighted by atomic mass is 10.2. The van der Waals surface area contributed by atoms with Crippen LogP contribution in [-0.2, 0) is 0 Å². The van der Waals surface area contributed by atoms with E-state index in [-0.39, 0.29) is 19.3 Å². The summed E-state index contributed by atoms with van der Waals surface area (Å²) in [5.74, 6) is 0. The molecule has 0 spiro atoms. The molecule has 0 aliphatic heterocycles. The molecule has 1 unspecified atom stereocenters. The second kappa shape index (κ2) is 5.47. The maximum atomic E-state index is 8.97. The summed E-state index contributed by atoms with van der Waals surface area (Å²) in [7, 11) is 0. The third kappa shape index (κ3) is 3.24. The number of hydrogen-bond acceptors (Lipinski definition) is 4. The molecule has 0 aromatic heterocycles. The normalized spacial score (nSPS) is 12.4. The minimum atomic E-state index is -0.108. The number of hydrogen-bond donors (Lipinski definition) is 4. The van der Waals surface area contributed by atoms with Gasteiger partial charge >= 0.3 is 0 Å². The molecule has 0 heterocycles. The second-order valence-electron chi connectivity index (χ2n) is 3.16. The number of aliphatic hydroxyl groups excluding tert-OH is 2. The van der Waals surface area contributed by atoms with Gasteiger partial charge < -0.3 is 21.3 Å². The number of rotatable bonds is 5. The van der Waals surface area contributed by atoms with Crippen molar-refractivity contribution >= 4 is 11.4 Å². The molecule has 0 amide bonds. The Balaban J connectivity index is 2.53. The zero-order valence-corrected chi connectivity index (χ0v) is 7.98. The van der Waals surface area contributed by atoms with Gasteiger partial charge in [0.2, 0.25) is 0 Å². The number of benzene rings is 1. The molecular formula is C10H16N2O2. The average molecular weight is 196 g/mol. The van der Waals surface area contributed by atoms with Gasteiger partial charge in [0.15, 0.2) is 0 Å². The van der Waals surface area contributed by atoms with E-state index in [4.69, 9.17) is 15.9 Å². The summed E-state index contributed by atoms with van der Waals surface area (Å²) < 4.78 is 0. The molecule has 5 N–H and O–H groups in total. The number of aliphatic hydroxyl groups is 2. The van der Waals surface area contributed by atoms with Crippen LogP contribution in [0, 0.1) is 0 Å². The Bertz CT molecular complexity index is 261. The van der Waals surface area contributed by atoms with Crippen LogP contribution in [0.25, 0.3) is 0 Å². The zero-order valence-electron chi connectivity index (χ0n) is 7.98. The fourth-order valence-electron chi connectivity index (χ4n) is 1.18. The van der Waals surface area contributed by atoms with Crippen LogP contribution in [0.15, 0.2) is 24.3 Å². The van der Waals surface area contributed by atoms with Crippen LogP contribution >= 0.6 is 0 Å². The maximum absolute atomic E-state index is 8.97. The highest BCUT2D eigenvalue weighted by atomic mass is 16.3. The van der Waals surface area contributed by atoms with Gasteiger partial charge in [-0.05, 0) is 30.7 Å². The molecule has 0 saturated heterocycles. The van der Waals surface area contributed by atoms with Gasteiger partial charge in [-0.2, -0.15) is 0 Å². The molecule has 1 rings (SSSR count). The van der Waals surface area contributed by atoms with E-state index in [0.717, 1.165) is 5.69 Å². The quantitative estimate of drug-likeness (QED) is 0.515. The molecule has 0 radical (unpaired) electrons. The molecule has 4 nitrogen and oxygen atoms in total. The zero-order chi connectivity index (χ0) is 10.4. The van der Waals surface area contributed by atoms with E-state index in [9.17, 15) is 0 Å². The predicted octanol–water partition coefficient (Wildman–Crippen LogP) is 0.424. The molecule has 78 valence electrons. The van der Waals surface area contributed by atoms with Crippen molar-refractivity contribution in [2.75, 3.05) is 24.3 Å². The Morgan fingerprint density at radius 2 is 1.86 bits per heavy atom. The van der Waals surface area contributed by atoms with Crippen molar-refractivity contribution in [2.45, 2.75) is 12.5 Å². The highest BCUT2D eigenvalue weighted by molar-refractivity contribution is 5.51. The van der Waals surface area contributed by atoms with Gasteiger partial charge in [0.1, 0.15) is 0 Å². The third-order valence-electron chi connectivity index (χ3n) is 1.98. The molecule has 1 aromatic carbocycles. The van der Waals surface area contributed by atoms with Gasteiger partial charge in [-0.3, -0.25) is 0 Å². The van der Waals surface area contributed by atoms with Crippen LogP contribution in [0.5, 0.6) is 0 Å². The number of nitrogen functional groups attached to an aromatic ring is 1. The van der Waals surface area contributed by atoms with Crippen LogP contribution in [0.1, 0.15) is 6.42 Å². The Morgan fingerprint density at radius 1 is 1.21 bits per heavy atom. The smallest absolute Gasteiger partial charge is 0.0633 e. The highest BCUT2D eigenvalue weighted by Gasteiger charge is 2.05. The number of nitrogens with one attached hydrogen (secondary N) is 1. The topological polar surface area (TPSA) is 78.5 Å². The van der Waals surface area contributed by atoms with Crippen molar-refractivity contribution in [1.82, 2.24) is 0 Å². The molecule has 0 bridgehead atoms. The van der Waals surface area contributed by atoms with Gasteiger partial charge in [-0.25, -0.2) is 0 Å². The first-order valence-electron chi connectivity index (χ1n) is 4.60. The summed E-state index contributed by atoms with van der Waals surface area (Å²) in [5.41, 5.74) is 7.13. The summed E-state index contributed by atoms with van der Waals surface area (Å²) in [5, 5.41) is 20.8. The maximum Gasteiger partial charge on any atom is 0.0633 e. The fourth-order valence-corrected chi connectivity index (χ4v) is 1.18. The number of anilines is 2. The van der Waals surface area contributed by atoms with E-state index >= 15 is 0 Å². The van der Waals surface area contributed by atoms with Gasteiger partial charge in [0.05, 0.1) is 12.6 Å². The molecule has 0 saturated carbocycles. The Morgan fingerprint density at radius 3 is 2.36 bits per heavy atom. The van der Waals surface area contributed by atoms with Crippen molar-refractivity contribution in [3.05, 3.63) is 24.3 Å². The molecule has 0 fully saturated rings. The fraction of sp³-hybridized carbons (Fsp3) is 0.400.